The van der Waals surface area contributed by atoms with Crippen LogP contribution in [0.1, 0.15) is 22.0 Å². The van der Waals surface area contributed by atoms with Crippen molar-refractivity contribution in [2.45, 2.75) is 30.5 Å². The minimum atomic E-state index is -1.49. The van der Waals surface area contributed by atoms with E-state index < -0.39 is 43.1 Å². The van der Waals surface area contributed by atoms with E-state index in [0.29, 0.717) is 5.56 Å². The third-order valence-corrected chi connectivity index (χ3v) is 3.35. The summed E-state index contributed by atoms with van der Waals surface area (Å²) >= 11 is 0. The molecule has 0 unspecified atom stereocenters. The van der Waals surface area contributed by atoms with Crippen molar-refractivity contribution in [2.24, 2.45) is 0 Å². The molecular formula is C13H16O7. The zero-order valence-corrected chi connectivity index (χ0v) is 10.5. The van der Waals surface area contributed by atoms with Crippen LogP contribution >= 0.6 is 0 Å². The molecule has 1 saturated heterocycles. The summed E-state index contributed by atoms with van der Waals surface area (Å²) < 4.78 is 5.35. The molecule has 0 aromatic heterocycles. The van der Waals surface area contributed by atoms with Gasteiger partial charge in [0.05, 0.1) is 12.2 Å². The Balaban J connectivity index is 2.31. The number of carboxylic acid groups (broad SMARTS) is 1. The minimum absolute atomic E-state index is 0.0134. The summed E-state index contributed by atoms with van der Waals surface area (Å²) in [6.45, 7) is -0.528. The van der Waals surface area contributed by atoms with Gasteiger partial charge >= 0.3 is 5.97 Å². The summed E-state index contributed by atoms with van der Waals surface area (Å²) in [6.07, 6.45) is -6.39. The fraction of sp³-hybridized carbons (Fsp3) is 0.462. The van der Waals surface area contributed by atoms with E-state index in [9.17, 15) is 20.1 Å². The molecule has 7 heteroatoms. The van der Waals surface area contributed by atoms with Crippen LogP contribution in [0.4, 0.5) is 0 Å². The molecule has 1 fully saturated rings. The Bertz CT molecular complexity index is 487. The van der Waals surface area contributed by atoms with Crippen molar-refractivity contribution in [3.63, 3.8) is 0 Å². The van der Waals surface area contributed by atoms with E-state index in [1.165, 1.54) is 18.2 Å². The molecule has 1 aromatic carbocycles. The first-order chi connectivity index (χ1) is 9.45. The summed E-state index contributed by atoms with van der Waals surface area (Å²) in [4.78, 5) is 10.9. The van der Waals surface area contributed by atoms with E-state index in [0.717, 1.165) is 0 Å². The molecule has 110 valence electrons. The highest BCUT2D eigenvalue weighted by Gasteiger charge is 2.43. The number of carboxylic acids is 1. The molecule has 5 N–H and O–H groups in total. The molecule has 0 amide bonds. The summed E-state index contributed by atoms with van der Waals surface area (Å²) in [7, 11) is 0. The molecule has 1 aliphatic heterocycles. The summed E-state index contributed by atoms with van der Waals surface area (Å²) in [5.41, 5.74) is 0.362. The van der Waals surface area contributed by atoms with Crippen LogP contribution in [-0.4, -0.2) is 62.5 Å². The highest BCUT2D eigenvalue weighted by molar-refractivity contribution is 5.87. The van der Waals surface area contributed by atoms with Crippen molar-refractivity contribution in [2.75, 3.05) is 6.61 Å². The lowest BCUT2D eigenvalue weighted by molar-refractivity contribution is -0.231. The lowest BCUT2D eigenvalue weighted by Gasteiger charge is -2.40. The number of aliphatic hydroxyl groups excluding tert-OH is 4. The predicted molar refractivity (Wildman–Crippen MR) is 66.1 cm³/mol. The molecule has 1 heterocycles. The molecule has 0 saturated carbocycles. The number of benzene rings is 1. The molecule has 7 nitrogen and oxygen atoms in total. The Morgan fingerprint density at radius 3 is 2.45 bits per heavy atom. The largest absolute Gasteiger partial charge is 0.478 e. The zero-order chi connectivity index (χ0) is 14.9. The summed E-state index contributed by atoms with van der Waals surface area (Å²) in [5.74, 6) is -1.13. The van der Waals surface area contributed by atoms with Crippen LogP contribution < -0.4 is 0 Å². The van der Waals surface area contributed by atoms with Gasteiger partial charge in [-0.1, -0.05) is 12.1 Å². The van der Waals surface area contributed by atoms with Crippen LogP contribution in [0.3, 0.4) is 0 Å². The molecule has 2 rings (SSSR count). The van der Waals surface area contributed by atoms with Gasteiger partial charge in [-0.05, 0) is 17.7 Å². The molecule has 0 bridgehead atoms. The number of ether oxygens (including phenoxy) is 1. The molecule has 1 aromatic rings. The lowest BCUT2D eigenvalue weighted by atomic mass is 9.91. The van der Waals surface area contributed by atoms with Gasteiger partial charge in [-0.25, -0.2) is 4.79 Å². The normalized spacial score (nSPS) is 33.9. The molecule has 0 radical (unpaired) electrons. The maximum atomic E-state index is 10.9. The number of aliphatic hydroxyl groups is 4. The Hall–Kier alpha value is -1.51. The fourth-order valence-electron chi connectivity index (χ4n) is 2.23. The van der Waals surface area contributed by atoms with E-state index in [2.05, 4.69) is 0 Å². The molecule has 5 atom stereocenters. The van der Waals surface area contributed by atoms with Crippen LogP contribution in [-0.2, 0) is 4.74 Å². The van der Waals surface area contributed by atoms with Gasteiger partial charge in [0.2, 0.25) is 0 Å². The quantitative estimate of drug-likeness (QED) is 0.476. The lowest BCUT2D eigenvalue weighted by Crippen LogP contribution is -2.55. The standard InChI is InChI=1S/C13H16O7/c14-5-8-9(15)10(16)11(17)12(20-8)6-2-1-3-7(4-6)13(18)19/h1-4,8-12,14-17H,5H2,(H,18,19)/t8-,9-,10+,11+,12-/m1/s1. The van der Waals surface area contributed by atoms with Gasteiger partial charge in [0.15, 0.2) is 0 Å². The third-order valence-electron chi connectivity index (χ3n) is 3.35. The predicted octanol–water partition coefficient (Wildman–Crippen LogP) is -1.10. The Labute approximate surface area is 114 Å². The second-order valence-electron chi connectivity index (χ2n) is 4.68. The van der Waals surface area contributed by atoms with Crippen LogP contribution in [0.5, 0.6) is 0 Å². The number of carbonyl (C=O) groups is 1. The highest BCUT2D eigenvalue weighted by atomic mass is 16.5. The second kappa shape index (κ2) is 5.86. The molecule has 0 aliphatic carbocycles. The average Bonchev–Trinajstić information content (AvgIpc) is 2.45. The highest BCUT2D eigenvalue weighted by Crippen LogP contribution is 2.32. The minimum Gasteiger partial charge on any atom is -0.478 e. The van der Waals surface area contributed by atoms with E-state index in [1.54, 1.807) is 6.07 Å². The first-order valence-electron chi connectivity index (χ1n) is 6.09. The van der Waals surface area contributed by atoms with Crippen LogP contribution in [0, 0.1) is 0 Å². The number of rotatable bonds is 3. The molecule has 1 aliphatic rings. The second-order valence-corrected chi connectivity index (χ2v) is 4.68. The Kier molecular flexibility index (Phi) is 4.36. The van der Waals surface area contributed by atoms with Gasteiger partial charge in [0.1, 0.15) is 30.5 Å². The van der Waals surface area contributed by atoms with Gasteiger partial charge in [-0.15, -0.1) is 0 Å². The number of aromatic carboxylic acids is 1. The van der Waals surface area contributed by atoms with Crippen molar-refractivity contribution < 1.29 is 35.1 Å². The van der Waals surface area contributed by atoms with E-state index in [4.69, 9.17) is 14.9 Å². The maximum Gasteiger partial charge on any atom is 0.335 e. The van der Waals surface area contributed by atoms with E-state index in [1.807, 2.05) is 0 Å². The van der Waals surface area contributed by atoms with Gasteiger partial charge in [-0.2, -0.15) is 0 Å². The zero-order valence-electron chi connectivity index (χ0n) is 10.5. The van der Waals surface area contributed by atoms with Gasteiger partial charge in [0.25, 0.3) is 0 Å². The molecule has 0 spiro atoms. The van der Waals surface area contributed by atoms with Crippen molar-refractivity contribution in [1.29, 1.82) is 0 Å². The summed E-state index contributed by atoms with van der Waals surface area (Å²) in [6, 6.07) is 5.73. The van der Waals surface area contributed by atoms with Crippen molar-refractivity contribution >= 4 is 5.97 Å². The Morgan fingerprint density at radius 2 is 1.85 bits per heavy atom. The van der Waals surface area contributed by atoms with Crippen molar-refractivity contribution in [3.8, 4) is 0 Å². The van der Waals surface area contributed by atoms with Gasteiger partial charge in [-0.3, -0.25) is 0 Å². The maximum absolute atomic E-state index is 10.9. The van der Waals surface area contributed by atoms with Crippen LogP contribution in [0.15, 0.2) is 24.3 Å². The molecular weight excluding hydrogens is 268 g/mol. The Morgan fingerprint density at radius 1 is 1.15 bits per heavy atom. The molecule has 20 heavy (non-hydrogen) atoms. The van der Waals surface area contributed by atoms with Crippen molar-refractivity contribution in [3.05, 3.63) is 35.4 Å². The first kappa shape index (κ1) is 14.9. The number of hydrogen-bond acceptors (Lipinski definition) is 6. The van der Waals surface area contributed by atoms with Crippen molar-refractivity contribution in [1.82, 2.24) is 0 Å². The van der Waals surface area contributed by atoms with E-state index >= 15 is 0 Å². The first-order valence-corrected chi connectivity index (χ1v) is 6.09. The smallest absolute Gasteiger partial charge is 0.335 e. The fourth-order valence-corrected chi connectivity index (χ4v) is 2.23. The van der Waals surface area contributed by atoms with Gasteiger partial charge in [0, 0.05) is 0 Å². The average molecular weight is 284 g/mol. The SMILES string of the molecule is O=C(O)c1cccc([C@H]2O[C@H](CO)[C@@H](O)[C@H](O)[C@@H]2O)c1. The van der Waals surface area contributed by atoms with Gasteiger partial charge < -0.3 is 30.3 Å². The topological polar surface area (TPSA) is 127 Å². The van der Waals surface area contributed by atoms with Crippen LogP contribution in [0.25, 0.3) is 0 Å². The monoisotopic (exact) mass is 284 g/mol. The van der Waals surface area contributed by atoms with E-state index in [-0.39, 0.29) is 5.56 Å². The number of hydrogen-bond donors (Lipinski definition) is 5. The summed E-state index contributed by atoms with van der Waals surface area (Å²) in [5, 5.41) is 47.4. The van der Waals surface area contributed by atoms with Crippen LogP contribution in [0.2, 0.25) is 0 Å². The third kappa shape index (κ3) is 2.67.